The van der Waals surface area contributed by atoms with Gasteiger partial charge in [-0.2, -0.15) is 5.10 Å². The number of rotatable bonds is 13. The number of hydrogen-bond donors (Lipinski definition) is 4. The summed E-state index contributed by atoms with van der Waals surface area (Å²) in [6.45, 7) is 3.27. The number of aliphatic hydroxyl groups excluding tert-OH is 1. The molecular weight excluding hydrogens is 633 g/mol. The van der Waals surface area contributed by atoms with Crippen LogP contribution in [0.4, 0.5) is 16.2 Å². The van der Waals surface area contributed by atoms with E-state index in [1.165, 1.54) is 23.1 Å². The Kier molecular flexibility index (Phi) is 12.1. The maximum Gasteiger partial charge on any atom is 0.323 e. The van der Waals surface area contributed by atoms with Gasteiger partial charge in [-0.15, -0.1) is 0 Å². The molecule has 0 aliphatic carbocycles. The number of ether oxygens (including phenoxy) is 1. The molecule has 3 amide bonds. The molecule has 0 aliphatic heterocycles. The van der Waals surface area contributed by atoms with Crippen LogP contribution in [-0.4, -0.2) is 77.1 Å². The van der Waals surface area contributed by atoms with E-state index in [1.807, 2.05) is 38.4 Å². The fourth-order valence-electron chi connectivity index (χ4n) is 4.51. The molecule has 242 valence electrons. The second-order valence-electron chi connectivity index (χ2n) is 10.4. The zero-order chi connectivity index (χ0) is 33.2. The summed E-state index contributed by atoms with van der Waals surface area (Å²) in [5.41, 5.74) is 2.45. The summed E-state index contributed by atoms with van der Waals surface area (Å²) in [7, 11) is 3.95. The van der Waals surface area contributed by atoms with Crippen LogP contribution >= 0.6 is 23.2 Å². The number of aryl methyl sites for hydroxylation is 1. The smallest absolute Gasteiger partial charge is 0.323 e. The SMILES string of the molecule is CCn1nc(-c2cccc(-c3cc(C(=O)NCCCN(C)C)ccc3OCCO)c2)cc(NC(=O)Nc2c(Cl)cncc2Cl)c1=O. The molecule has 0 fully saturated rings. The molecule has 0 saturated heterocycles. The van der Waals surface area contributed by atoms with Crippen LogP contribution in [0.5, 0.6) is 5.75 Å². The summed E-state index contributed by atoms with van der Waals surface area (Å²) < 4.78 is 7.04. The minimum Gasteiger partial charge on any atom is -0.491 e. The third kappa shape index (κ3) is 8.82. The summed E-state index contributed by atoms with van der Waals surface area (Å²) in [4.78, 5) is 44.8. The zero-order valence-electron chi connectivity index (χ0n) is 25.6. The summed E-state index contributed by atoms with van der Waals surface area (Å²) in [6, 6.07) is 13.2. The first kappa shape index (κ1) is 34.4. The van der Waals surface area contributed by atoms with E-state index in [9.17, 15) is 19.5 Å². The highest BCUT2D eigenvalue weighted by Crippen LogP contribution is 2.34. The van der Waals surface area contributed by atoms with E-state index in [0.717, 1.165) is 13.0 Å². The molecule has 0 aliphatic rings. The number of nitrogens with one attached hydrogen (secondary N) is 3. The Labute approximate surface area is 276 Å². The molecule has 4 N–H and O–H groups in total. The molecule has 0 unspecified atom stereocenters. The maximum absolute atomic E-state index is 13.1. The van der Waals surface area contributed by atoms with E-state index in [2.05, 4.69) is 30.9 Å². The lowest BCUT2D eigenvalue weighted by molar-refractivity contribution is 0.0952. The molecule has 4 aromatic rings. The second-order valence-corrected chi connectivity index (χ2v) is 11.2. The van der Waals surface area contributed by atoms with Crippen molar-refractivity contribution >= 4 is 46.5 Å². The van der Waals surface area contributed by atoms with E-state index in [4.69, 9.17) is 27.9 Å². The predicted molar refractivity (Wildman–Crippen MR) is 180 cm³/mol. The number of hydrogen-bond acceptors (Lipinski definition) is 8. The number of carbonyl (C=O) groups excluding carboxylic acids is 2. The number of benzene rings is 2. The summed E-state index contributed by atoms with van der Waals surface area (Å²) in [6.07, 6.45) is 3.47. The molecule has 12 nitrogen and oxygen atoms in total. The predicted octanol–water partition coefficient (Wildman–Crippen LogP) is 5.00. The standard InChI is InChI=1S/C32H35Cl2N7O5/c1-4-41-31(44)27(37-32(45)38-29-24(33)18-35-19-25(29)34)17-26(39-41)21-8-5-7-20(15-21)23-16-22(9-10-28(23)46-14-13-42)30(43)36-11-6-12-40(2)3/h5,7-10,15-19,42H,4,6,11-14H2,1-3H3,(H,36,43)(H2,35,37,38,45). The topological polar surface area (TPSA) is 151 Å². The Bertz CT molecular complexity index is 1740. The van der Waals surface area contributed by atoms with Crippen LogP contribution in [0.25, 0.3) is 22.4 Å². The molecule has 0 spiro atoms. The first-order chi connectivity index (χ1) is 22.1. The van der Waals surface area contributed by atoms with Crippen molar-refractivity contribution < 1.29 is 19.4 Å². The van der Waals surface area contributed by atoms with Gasteiger partial charge in [0.2, 0.25) is 0 Å². The van der Waals surface area contributed by atoms with Gasteiger partial charge in [0, 0.05) is 42.2 Å². The number of amides is 3. The first-order valence-electron chi connectivity index (χ1n) is 14.5. The van der Waals surface area contributed by atoms with Gasteiger partial charge in [0.05, 0.1) is 28.0 Å². The van der Waals surface area contributed by atoms with Gasteiger partial charge in [-0.25, -0.2) is 9.48 Å². The number of anilines is 2. The summed E-state index contributed by atoms with van der Waals surface area (Å²) in [5, 5.41) is 22.2. The minimum absolute atomic E-state index is 0.0176. The quantitative estimate of drug-likeness (QED) is 0.146. The Morgan fingerprint density at radius 3 is 2.46 bits per heavy atom. The molecule has 0 radical (unpaired) electrons. The van der Waals surface area contributed by atoms with Gasteiger partial charge >= 0.3 is 6.03 Å². The Morgan fingerprint density at radius 1 is 1.02 bits per heavy atom. The van der Waals surface area contributed by atoms with Crippen molar-refractivity contribution in [3.63, 3.8) is 0 Å². The molecular formula is C32H35Cl2N7O5. The van der Waals surface area contributed by atoms with Crippen LogP contribution in [-0.2, 0) is 6.54 Å². The largest absolute Gasteiger partial charge is 0.491 e. The van der Waals surface area contributed by atoms with Gasteiger partial charge in [-0.1, -0.05) is 41.4 Å². The highest BCUT2D eigenvalue weighted by molar-refractivity contribution is 6.39. The molecule has 0 saturated carbocycles. The molecule has 4 rings (SSSR count). The average Bonchev–Trinajstić information content (AvgIpc) is 3.04. The third-order valence-corrected chi connectivity index (χ3v) is 7.31. The lowest BCUT2D eigenvalue weighted by Crippen LogP contribution is -2.29. The van der Waals surface area contributed by atoms with Crippen LogP contribution in [0, 0.1) is 0 Å². The van der Waals surface area contributed by atoms with Gasteiger partial charge in [-0.05, 0) is 69.9 Å². The van der Waals surface area contributed by atoms with E-state index in [-0.39, 0.29) is 47.1 Å². The van der Waals surface area contributed by atoms with Crippen molar-refractivity contribution in [2.75, 3.05) is 51.0 Å². The molecule has 14 heteroatoms. The van der Waals surface area contributed by atoms with E-state index >= 15 is 0 Å². The highest BCUT2D eigenvalue weighted by atomic mass is 35.5. The fourth-order valence-corrected chi connectivity index (χ4v) is 4.97. The van der Waals surface area contributed by atoms with Gasteiger partial charge in [0.25, 0.3) is 11.5 Å². The Balaban J connectivity index is 1.66. The van der Waals surface area contributed by atoms with E-state index in [1.54, 1.807) is 25.1 Å². The van der Waals surface area contributed by atoms with E-state index < -0.39 is 11.6 Å². The van der Waals surface area contributed by atoms with Crippen molar-refractivity contribution in [2.45, 2.75) is 19.9 Å². The highest BCUT2D eigenvalue weighted by Gasteiger charge is 2.17. The number of nitrogens with zero attached hydrogens (tertiary/aromatic N) is 4. The zero-order valence-corrected chi connectivity index (χ0v) is 27.2. The average molecular weight is 669 g/mol. The first-order valence-corrected chi connectivity index (χ1v) is 15.3. The monoisotopic (exact) mass is 667 g/mol. The lowest BCUT2D eigenvalue weighted by atomic mass is 9.98. The van der Waals surface area contributed by atoms with Crippen LogP contribution in [0.15, 0.2) is 65.7 Å². The van der Waals surface area contributed by atoms with Crippen LogP contribution in [0.1, 0.15) is 23.7 Å². The van der Waals surface area contributed by atoms with Crippen molar-refractivity contribution in [1.29, 1.82) is 0 Å². The lowest BCUT2D eigenvalue weighted by Gasteiger charge is -2.15. The van der Waals surface area contributed by atoms with Crippen molar-refractivity contribution in [1.82, 2.24) is 25.0 Å². The molecule has 46 heavy (non-hydrogen) atoms. The normalized spacial score (nSPS) is 10.9. The number of urea groups is 1. The number of pyridine rings is 1. The Morgan fingerprint density at radius 2 is 1.76 bits per heavy atom. The van der Waals surface area contributed by atoms with Gasteiger partial charge in [-0.3, -0.25) is 14.6 Å². The number of carbonyl (C=O) groups is 2. The van der Waals surface area contributed by atoms with E-state index in [0.29, 0.717) is 40.2 Å². The van der Waals surface area contributed by atoms with Crippen LogP contribution in [0.2, 0.25) is 10.0 Å². The maximum atomic E-state index is 13.1. The fraction of sp³-hybridized carbons (Fsp3) is 0.281. The molecule has 0 atom stereocenters. The number of aliphatic hydroxyl groups is 1. The van der Waals surface area contributed by atoms with Crippen LogP contribution < -0.4 is 26.2 Å². The van der Waals surface area contributed by atoms with Crippen molar-refractivity contribution in [3.05, 3.63) is 86.9 Å². The summed E-state index contributed by atoms with van der Waals surface area (Å²) >= 11 is 12.2. The van der Waals surface area contributed by atoms with Crippen molar-refractivity contribution in [3.8, 4) is 28.1 Å². The molecule has 2 heterocycles. The Hall–Kier alpha value is -4.49. The number of aromatic nitrogens is 3. The molecule has 0 bridgehead atoms. The van der Waals surface area contributed by atoms with Crippen molar-refractivity contribution in [2.24, 2.45) is 0 Å². The summed E-state index contributed by atoms with van der Waals surface area (Å²) in [5.74, 6) is 0.263. The van der Waals surface area contributed by atoms with Crippen LogP contribution in [0.3, 0.4) is 0 Å². The number of halogens is 2. The van der Waals surface area contributed by atoms with Gasteiger partial charge in [0.15, 0.2) is 0 Å². The molecule has 2 aromatic heterocycles. The molecule has 2 aromatic carbocycles. The van der Waals surface area contributed by atoms with Gasteiger partial charge in [0.1, 0.15) is 18.0 Å². The minimum atomic E-state index is -0.733. The van der Waals surface area contributed by atoms with Gasteiger partial charge < -0.3 is 30.7 Å². The second kappa shape index (κ2) is 16.2. The third-order valence-electron chi connectivity index (χ3n) is 6.74.